The Kier molecular flexibility index (Phi) is 9.02. The lowest BCUT2D eigenvalue weighted by molar-refractivity contribution is 0.0455. The first-order valence-electron chi connectivity index (χ1n) is 12.9. The number of nitrogens with one attached hydrogen (secondary N) is 2. The minimum atomic E-state index is -0.394. The Hall–Kier alpha value is -2.60. The normalized spacial score (nSPS) is 22.8. The summed E-state index contributed by atoms with van der Waals surface area (Å²) in [6.07, 6.45) is 8.93. The number of ether oxygens (including phenoxy) is 2. The van der Waals surface area contributed by atoms with E-state index in [0.29, 0.717) is 37.8 Å². The minimum absolute atomic E-state index is 0.394. The van der Waals surface area contributed by atoms with Crippen LogP contribution in [-0.4, -0.2) is 60.5 Å². The zero-order valence-corrected chi connectivity index (χ0v) is 21.0. The van der Waals surface area contributed by atoms with E-state index in [1.54, 1.807) is 13.4 Å². The fourth-order valence-electron chi connectivity index (χ4n) is 5.20. The van der Waals surface area contributed by atoms with Crippen molar-refractivity contribution in [3.8, 4) is 17.5 Å². The second kappa shape index (κ2) is 12.4. The van der Waals surface area contributed by atoms with Gasteiger partial charge in [-0.25, -0.2) is 15.0 Å². The van der Waals surface area contributed by atoms with E-state index in [4.69, 9.17) is 14.5 Å². The summed E-state index contributed by atoms with van der Waals surface area (Å²) in [4.78, 5) is 13.8. The predicted octanol–water partition coefficient (Wildman–Crippen LogP) is 4.00. The molecule has 0 unspecified atom stereocenters. The SMILES string of the molecule is COC[C@@H](C)NC1CCC(Cc2cc(-c3cccc(NCC4(C#N)CCOCC4)n3)ncn2)CC1. The smallest absolute Gasteiger partial charge is 0.126 e. The fraction of sp³-hybridized carbons (Fsp3) is 0.630. The Labute approximate surface area is 208 Å². The third-order valence-electron chi connectivity index (χ3n) is 7.31. The molecule has 8 heteroatoms. The van der Waals surface area contributed by atoms with Gasteiger partial charge in [0.15, 0.2) is 0 Å². The van der Waals surface area contributed by atoms with Crippen molar-refractivity contribution in [1.82, 2.24) is 20.3 Å². The number of nitrogens with zero attached hydrogens (tertiary/aromatic N) is 4. The first-order chi connectivity index (χ1) is 17.1. The van der Waals surface area contributed by atoms with Crippen molar-refractivity contribution in [3.05, 3.63) is 36.3 Å². The van der Waals surface area contributed by atoms with E-state index in [0.717, 1.165) is 48.8 Å². The van der Waals surface area contributed by atoms with E-state index in [2.05, 4.69) is 39.7 Å². The number of hydrogen-bond donors (Lipinski definition) is 2. The number of hydrogen-bond acceptors (Lipinski definition) is 8. The molecule has 4 rings (SSSR count). The molecule has 0 amide bonds. The lowest BCUT2D eigenvalue weighted by Crippen LogP contribution is -2.41. The largest absolute Gasteiger partial charge is 0.383 e. The third-order valence-corrected chi connectivity index (χ3v) is 7.31. The van der Waals surface area contributed by atoms with E-state index in [1.165, 1.54) is 25.7 Å². The molecule has 1 saturated carbocycles. The molecule has 1 saturated heterocycles. The number of rotatable bonds is 10. The zero-order valence-electron chi connectivity index (χ0n) is 21.0. The molecule has 3 heterocycles. The van der Waals surface area contributed by atoms with Crippen LogP contribution in [0, 0.1) is 22.7 Å². The molecule has 0 bridgehead atoms. The highest BCUT2D eigenvalue weighted by atomic mass is 16.5. The number of methoxy groups -OCH3 is 1. The Bertz CT molecular complexity index is 980. The van der Waals surface area contributed by atoms with Crippen molar-refractivity contribution in [2.75, 3.05) is 38.8 Å². The summed E-state index contributed by atoms with van der Waals surface area (Å²) >= 11 is 0. The molecule has 8 nitrogen and oxygen atoms in total. The molecule has 2 fully saturated rings. The van der Waals surface area contributed by atoms with E-state index in [1.807, 2.05) is 18.2 Å². The first-order valence-corrected chi connectivity index (χ1v) is 12.9. The van der Waals surface area contributed by atoms with Gasteiger partial charge in [0.25, 0.3) is 0 Å². The maximum Gasteiger partial charge on any atom is 0.126 e. The summed E-state index contributed by atoms with van der Waals surface area (Å²) in [5, 5.41) is 16.8. The average Bonchev–Trinajstić information content (AvgIpc) is 2.90. The van der Waals surface area contributed by atoms with Crippen molar-refractivity contribution in [2.24, 2.45) is 11.3 Å². The predicted molar refractivity (Wildman–Crippen MR) is 136 cm³/mol. The Balaban J connectivity index is 1.33. The topological polar surface area (TPSA) is 105 Å². The van der Waals surface area contributed by atoms with Gasteiger partial charge in [0.05, 0.1) is 29.5 Å². The van der Waals surface area contributed by atoms with Crippen molar-refractivity contribution >= 4 is 5.82 Å². The number of aromatic nitrogens is 3. The second-order valence-corrected chi connectivity index (χ2v) is 10.1. The van der Waals surface area contributed by atoms with Crippen LogP contribution in [0.4, 0.5) is 5.82 Å². The lowest BCUT2D eigenvalue weighted by atomic mass is 9.82. The van der Waals surface area contributed by atoms with Crippen molar-refractivity contribution < 1.29 is 9.47 Å². The van der Waals surface area contributed by atoms with Crippen LogP contribution in [0.2, 0.25) is 0 Å². The van der Waals surface area contributed by atoms with Gasteiger partial charge in [-0.15, -0.1) is 0 Å². The molecule has 0 radical (unpaired) electrons. The van der Waals surface area contributed by atoms with E-state index in [-0.39, 0.29) is 0 Å². The van der Waals surface area contributed by atoms with Crippen LogP contribution in [0.1, 0.15) is 51.1 Å². The monoisotopic (exact) mass is 478 g/mol. The van der Waals surface area contributed by atoms with E-state index < -0.39 is 5.41 Å². The van der Waals surface area contributed by atoms with Gasteiger partial charge < -0.3 is 20.1 Å². The van der Waals surface area contributed by atoms with Crippen LogP contribution in [0.15, 0.2) is 30.6 Å². The van der Waals surface area contributed by atoms with Gasteiger partial charge in [-0.1, -0.05) is 6.07 Å². The first kappa shape index (κ1) is 25.5. The molecule has 0 spiro atoms. The standard InChI is InChI=1S/C27H38N6O2/c1-20(16-34-2)32-22-8-6-21(7-9-22)14-23-15-25(31-19-30-23)24-4-3-5-26(33-24)29-18-27(17-28)10-12-35-13-11-27/h3-5,15,19-22,32H,6-14,16,18H2,1-2H3,(H,29,33)/t20-,21?,22?/m1/s1. The summed E-state index contributed by atoms with van der Waals surface area (Å²) in [6.45, 7) is 4.78. The number of anilines is 1. The molecule has 188 valence electrons. The van der Waals surface area contributed by atoms with Gasteiger partial charge in [0.2, 0.25) is 0 Å². The highest BCUT2D eigenvalue weighted by Crippen LogP contribution is 2.30. The molecule has 35 heavy (non-hydrogen) atoms. The van der Waals surface area contributed by atoms with Gasteiger partial charge in [-0.3, -0.25) is 0 Å². The number of nitriles is 1. The molecule has 1 aliphatic heterocycles. The van der Waals surface area contributed by atoms with Crippen LogP contribution in [0.25, 0.3) is 11.4 Å². The molecule has 1 aliphatic carbocycles. The molecule has 2 aromatic heterocycles. The highest BCUT2D eigenvalue weighted by Gasteiger charge is 2.32. The minimum Gasteiger partial charge on any atom is -0.383 e. The average molecular weight is 479 g/mol. The van der Waals surface area contributed by atoms with Crippen molar-refractivity contribution in [3.63, 3.8) is 0 Å². The number of pyridine rings is 1. The van der Waals surface area contributed by atoms with E-state index >= 15 is 0 Å². The Morgan fingerprint density at radius 3 is 2.71 bits per heavy atom. The molecule has 2 N–H and O–H groups in total. The summed E-state index contributed by atoms with van der Waals surface area (Å²) in [6, 6.07) is 11.4. The molecule has 0 aromatic carbocycles. The van der Waals surface area contributed by atoms with Crippen molar-refractivity contribution in [1.29, 1.82) is 5.26 Å². The molecule has 2 aliphatic rings. The van der Waals surface area contributed by atoms with Crippen LogP contribution in [0.3, 0.4) is 0 Å². The van der Waals surface area contributed by atoms with Crippen LogP contribution in [0.5, 0.6) is 0 Å². The lowest BCUT2D eigenvalue weighted by Gasteiger charge is -2.31. The van der Waals surface area contributed by atoms with Gasteiger partial charge in [0, 0.05) is 44.6 Å². The maximum atomic E-state index is 9.70. The van der Waals surface area contributed by atoms with Crippen LogP contribution in [-0.2, 0) is 15.9 Å². The van der Waals surface area contributed by atoms with Crippen LogP contribution >= 0.6 is 0 Å². The van der Waals surface area contributed by atoms with E-state index in [9.17, 15) is 5.26 Å². The fourth-order valence-corrected chi connectivity index (χ4v) is 5.20. The van der Waals surface area contributed by atoms with Crippen LogP contribution < -0.4 is 10.6 Å². The third kappa shape index (κ3) is 7.20. The molecular formula is C27H38N6O2. The zero-order chi connectivity index (χ0) is 24.5. The Morgan fingerprint density at radius 2 is 1.97 bits per heavy atom. The molecule has 2 aromatic rings. The second-order valence-electron chi connectivity index (χ2n) is 10.1. The quantitative estimate of drug-likeness (QED) is 0.528. The molecular weight excluding hydrogens is 440 g/mol. The maximum absolute atomic E-state index is 9.70. The molecule has 1 atom stereocenters. The van der Waals surface area contributed by atoms with Gasteiger partial charge in [-0.2, -0.15) is 5.26 Å². The summed E-state index contributed by atoms with van der Waals surface area (Å²) in [7, 11) is 1.75. The Morgan fingerprint density at radius 1 is 1.17 bits per heavy atom. The van der Waals surface area contributed by atoms with Gasteiger partial charge in [-0.05, 0) is 76.0 Å². The van der Waals surface area contributed by atoms with Gasteiger partial charge >= 0.3 is 0 Å². The summed E-state index contributed by atoms with van der Waals surface area (Å²) < 4.78 is 10.7. The summed E-state index contributed by atoms with van der Waals surface area (Å²) in [5.41, 5.74) is 2.33. The van der Waals surface area contributed by atoms with Crippen molar-refractivity contribution in [2.45, 2.75) is 64.0 Å². The summed E-state index contributed by atoms with van der Waals surface area (Å²) in [5.74, 6) is 1.41. The highest BCUT2D eigenvalue weighted by molar-refractivity contribution is 5.57. The van der Waals surface area contributed by atoms with Gasteiger partial charge in [0.1, 0.15) is 12.1 Å².